The first-order valence-corrected chi connectivity index (χ1v) is 7.92. The van der Waals surface area contributed by atoms with Gasteiger partial charge in [0.15, 0.2) is 5.78 Å². The average Bonchev–Trinajstić information content (AvgIpc) is 2.86. The van der Waals surface area contributed by atoms with E-state index in [0.717, 1.165) is 11.1 Å². The minimum Gasteiger partial charge on any atom is -0.467 e. The highest BCUT2D eigenvalue weighted by Crippen LogP contribution is 2.26. The largest absolute Gasteiger partial charge is 0.467 e. The summed E-state index contributed by atoms with van der Waals surface area (Å²) in [5.41, 5.74) is 1.85. The number of benzene rings is 1. The lowest BCUT2D eigenvalue weighted by Crippen LogP contribution is -2.45. The second-order valence-corrected chi connectivity index (χ2v) is 6.79. The summed E-state index contributed by atoms with van der Waals surface area (Å²) >= 11 is 0. The maximum Gasteiger partial charge on any atom is 0.408 e. The van der Waals surface area contributed by atoms with Crippen LogP contribution in [0.3, 0.4) is 0 Å². The third-order valence-corrected chi connectivity index (χ3v) is 3.78. The van der Waals surface area contributed by atoms with Crippen molar-refractivity contribution in [3.8, 4) is 0 Å². The van der Waals surface area contributed by atoms with Gasteiger partial charge in [-0.15, -0.1) is 0 Å². The van der Waals surface area contributed by atoms with Crippen molar-refractivity contribution in [3.05, 3.63) is 34.9 Å². The molecule has 1 N–H and O–H groups in total. The highest BCUT2D eigenvalue weighted by molar-refractivity contribution is 6.00. The molecule has 1 aliphatic rings. The fraction of sp³-hybridized carbons (Fsp3) is 0.500. The number of esters is 1. The first-order chi connectivity index (χ1) is 11.2. The molecule has 0 bridgehead atoms. The molecule has 6 nitrogen and oxygen atoms in total. The first kappa shape index (κ1) is 18.0. The smallest absolute Gasteiger partial charge is 0.408 e. The molecule has 130 valence electrons. The zero-order chi connectivity index (χ0) is 17.9. The summed E-state index contributed by atoms with van der Waals surface area (Å²) < 4.78 is 9.98. The molecule has 1 aromatic rings. The third-order valence-electron chi connectivity index (χ3n) is 3.78. The van der Waals surface area contributed by atoms with Gasteiger partial charge in [0.1, 0.15) is 11.6 Å². The van der Waals surface area contributed by atoms with E-state index in [1.165, 1.54) is 7.11 Å². The molecule has 0 spiro atoms. The summed E-state index contributed by atoms with van der Waals surface area (Å²) in [4.78, 5) is 35.8. The van der Waals surface area contributed by atoms with Gasteiger partial charge in [-0.1, -0.05) is 18.2 Å². The molecular formula is C18H23NO5. The van der Waals surface area contributed by atoms with Crippen LogP contribution >= 0.6 is 0 Å². The minimum atomic E-state index is -0.868. The Hall–Kier alpha value is -2.37. The van der Waals surface area contributed by atoms with E-state index >= 15 is 0 Å². The quantitative estimate of drug-likeness (QED) is 0.856. The van der Waals surface area contributed by atoms with E-state index in [2.05, 4.69) is 5.32 Å². The number of ketones is 1. The highest BCUT2D eigenvalue weighted by Gasteiger charge is 2.28. The molecule has 1 atom stereocenters. The Morgan fingerprint density at radius 1 is 1.25 bits per heavy atom. The molecule has 0 heterocycles. The number of rotatable bonds is 4. The van der Waals surface area contributed by atoms with Crippen molar-refractivity contribution in [2.24, 2.45) is 0 Å². The molecular weight excluding hydrogens is 310 g/mol. The number of methoxy groups -OCH3 is 1. The molecule has 0 unspecified atom stereocenters. The fourth-order valence-corrected chi connectivity index (χ4v) is 2.76. The van der Waals surface area contributed by atoms with Crippen LogP contribution in [0.1, 0.15) is 48.7 Å². The van der Waals surface area contributed by atoms with E-state index in [-0.39, 0.29) is 12.2 Å². The molecule has 1 aromatic carbocycles. The predicted molar refractivity (Wildman–Crippen MR) is 88.0 cm³/mol. The van der Waals surface area contributed by atoms with Crippen LogP contribution < -0.4 is 5.32 Å². The fourth-order valence-electron chi connectivity index (χ4n) is 2.76. The van der Waals surface area contributed by atoms with Crippen LogP contribution in [0, 0.1) is 0 Å². The van der Waals surface area contributed by atoms with Gasteiger partial charge in [-0.05, 0) is 38.3 Å². The van der Waals surface area contributed by atoms with Crippen molar-refractivity contribution < 1.29 is 23.9 Å². The van der Waals surface area contributed by atoms with Gasteiger partial charge in [0, 0.05) is 18.4 Å². The molecule has 1 amide bonds. The van der Waals surface area contributed by atoms with Crippen molar-refractivity contribution in [1.29, 1.82) is 0 Å². The minimum absolute atomic E-state index is 0.113. The second-order valence-electron chi connectivity index (χ2n) is 6.79. The third kappa shape index (κ3) is 4.34. The van der Waals surface area contributed by atoms with Crippen molar-refractivity contribution in [1.82, 2.24) is 5.32 Å². The molecule has 0 radical (unpaired) electrons. The first-order valence-electron chi connectivity index (χ1n) is 7.92. The van der Waals surface area contributed by atoms with Gasteiger partial charge in [0.2, 0.25) is 0 Å². The number of carbonyl (C=O) groups is 3. The number of nitrogens with one attached hydrogen (secondary N) is 1. The van der Waals surface area contributed by atoms with E-state index in [1.807, 2.05) is 6.07 Å². The summed E-state index contributed by atoms with van der Waals surface area (Å²) in [6.45, 7) is 5.24. The lowest BCUT2D eigenvalue weighted by atomic mass is 9.97. The summed E-state index contributed by atoms with van der Waals surface area (Å²) in [6, 6.07) is 4.58. The van der Waals surface area contributed by atoms with Crippen LogP contribution in [0.5, 0.6) is 0 Å². The highest BCUT2D eigenvalue weighted by atomic mass is 16.6. The molecule has 0 saturated heterocycles. The van der Waals surface area contributed by atoms with E-state index in [0.29, 0.717) is 18.4 Å². The Bertz CT molecular complexity index is 660. The van der Waals surface area contributed by atoms with Gasteiger partial charge in [-0.25, -0.2) is 9.59 Å². The monoisotopic (exact) mass is 333 g/mol. The average molecular weight is 333 g/mol. The lowest BCUT2D eigenvalue weighted by Gasteiger charge is -2.23. The number of amides is 1. The molecule has 2 rings (SSSR count). The molecule has 0 saturated carbocycles. The number of alkyl carbamates (subject to hydrolysis) is 1. The topological polar surface area (TPSA) is 81.7 Å². The lowest BCUT2D eigenvalue weighted by molar-refractivity contribution is -0.143. The summed E-state index contributed by atoms with van der Waals surface area (Å²) in [6.07, 6.45) is 0.712. The molecule has 0 aromatic heterocycles. The maximum atomic E-state index is 12.0. The zero-order valence-electron chi connectivity index (χ0n) is 14.5. The van der Waals surface area contributed by atoms with Crippen LogP contribution in [-0.4, -0.2) is 36.6 Å². The van der Waals surface area contributed by atoms with Crippen molar-refractivity contribution in [3.63, 3.8) is 0 Å². The number of hydrogen-bond acceptors (Lipinski definition) is 5. The molecule has 6 heteroatoms. The molecule has 1 aliphatic carbocycles. The number of hydrogen-bond donors (Lipinski definition) is 1. The Balaban J connectivity index is 2.17. The number of carbonyl (C=O) groups excluding carboxylic acids is 3. The molecule has 0 fully saturated rings. The second kappa shape index (κ2) is 7.03. The normalized spacial score (nSPS) is 14.8. The Morgan fingerprint density at radius 3 is 2.58 bits per heavy atom. The summed E-state index contributed by atoms with van der Waals surface area (Å²) in [5, 5.41) is 2.55. The van der Waals surface area contributed by atoms with E-state index < -0.39 is 23.7 Å². The van der Waals surface area contributed by atoms with Crippen molar-refractivity contribution in [2.45, 2.75) is 51.7 Å². The van der Waals surface area contributed by atoms with Gasteiger partial charge >= 0.3 is 12.1 Å². The summed E-state index contributed by atoms with van der Waals surface area (Å²) in [7, 11) is 1.27. The Morgan fingerprint density at radius 2 is 1.96 bits per heavy atom. The van der Waals surface area contributed by atoms with E-state index in [1.54, 1.807) is 32.9 Å². The summed E-state index contributed by atoms with van der Waals surface area (Å²) in [5.74, 6) is -0.440. The van der Waals surface area contributed by atoms with Crippen LogP contribution in [0.15, 0.2) is 18.2 Å². The van der Waals surface area contributed by atoms with Gasteiger partial charge in [0.25, 0.3) is 0 Å². The number of fused-ring (bicyclic) bond motifs is 1. The van der Waals surface area contributed by atoms with E-state index in [9.17, 15) is 14.4 Å². The van der Waals surface area contributed by atoms with Crippen LogP contribution in [0.4, 0.5) is 4.79 Å². The van der Waals surface area contributed by atoms with Crippen molar-refractivity contribution in [2.75, 3.05) is 7.11 Å². The number of ether oxygens (including phenoxy) is 2. The van der Waals surface area contributed by atoms with E-state index in [4.69, 9.17) is 9.47 Å². The SMILES string of the molecule is COC(=O)[C@H](Cc1cccc2c1CCC2=O)NC(=O)OC(C)(C)C. The standard InChI is InChI=1S/C18H23NO5/c1-18(2,3)24-17(22)19-14(16(21)23-4)10-11-6-5-7-13-12(11)8-9-15(13)20/h5-7,14H,8-10H2,1-4H3,(H,19,22)/t14-/m0/s1. The Kier molecular flexibility index (Phi) is 5.26. The molecule has 24 heavy (non-hydrogen) atoms. The van der Waals surface area contributed by atoms with Gasteiger partial charge in [-0.2, -0.15) is 0 Å². The Labute approximate surface area is 141 Å². The molecule has 0 aliphatic heterocycles. The predicted octanol–water partition coefficient (Wildman–Crippen LogP) is 2.42. The van der Waals surface area contributed by atoms with Gasteiger partial charge < -0.3 is 14.8 Å². The number of Topliss-reactive ketones (excluding diaryl/α,β-unsaturated/α-hetero) is 1. The van der Waals surface area contributed by atoms with Crippen molar-refractivity contribution >= 4 is 17.8 Å². The zero-order valence-corrected chi connectivity index (χ0v) is 14.5. The van der Waals surface area contributed by atoms with Gasteiger partial charge in [0.05, 0.1) is 7.11 Å². The maximum absolute atomic E-state index is 12.0. The van der Waals surface area contributed by atoms with Crippen LogP contribution in [0.2, 0.25) is 0 Å². The van der Waals surface area contributed by atoms with Gasteiger partial charge in [-0.3, -0.25) is 4.79 Å². The van der Waals surface area contributed by atoms with Crippen LogP contribution in [-0.2, 0) is 27.1 Å². The van der Waals surface area contributed by atoms with Crippen LogP contribution in [0.25, 0.3) is 0 Å².